The fourth-order valence-electron chi connectivity index (χ4n) is 1.02. The van der Waals surface area contributed by atoms with Crippen LogP contribution in [0, 0.1) is 0 Å². The first kappa shape index (κ1) is 8.98. The molecule has 74 valence electrons. The van der Waals surface area contributed by atoms with Gasteiger partial charge in [-0.25, -0.2) is 0 Å². The summed E-state index contributed by atoms with van der Waals surface area (Å²) in [6, 6.07) is 0. The van der Waals surface area contributed by atoms with E-state index in [1.807, 2.05) is 0 Å². The quantitative estimate of drug-likeness (QED) is 0.701. The number of nitrogens with zero attached hydrogens (tertiary/aromatic N) is 2. The van der Waals surface area contributed by atoms with Crippen LogP contribution < -0.4 is 0 Å². The Morgan fingerprint density at radius 2 is 1.93 bits per heavy atom. The Hall–Kier alpha value is -1.59. The normalized spacial score (nSPS) is 16.0. The van der Waals surface area contributed by atoms with Crippen LogP contribution >= 0.6 is 0 Å². The lowest BCUT2D eigenvalue weighted by Gasteiger charge is -2.08. The van der Waals surface area contributed by atoms with E-state index in [4.69, 9.17) is 0 Å². The van der Waals surface area contributed by atoms with Crippen LogP contribution in [0.25, 0.3) is 5.57 Å². The number of aromatic nitrogens is 2. The lowest BCUT2D eigenvalue weighted by atomic mass is 9.99. The highest BCUT2D eigenvalue weighted by Crippen LogP contribution is 2.33. The van der Waals surface area contributed by atoms with Gasteiger partial charge >= 0.3 is 12.1 Å². The van der Waals surface area contributed by atoms with Gasteiger partial charge in [0.05, 0.1) is 0 Å². The van der Waals surface area contributed by atoms with Gasteiger partial charge in [-0.3, -0.25) is 0 Å². The van der Waals surface area contributed by atoms with E-state index >= 15 is 0 Å². The number of hydrogen-bond acceptors (Lipinski definition) is 3. The Morgan fingerprint density at radius 3 is 2.29 bits per heavy atom. The second-order valence-corrected chi connectivity index (χ2v) is 2.84. The first-order valence-corrected chi connectivity index (χ1v) is 3.78. The van der Waals surface area contributed by atoms with Crippen molar-refractivity contribution in [1.82, 2.24) is 10.2 Å². The first-order chi connectivity index (χ1) is 6.48. The standard InChI is InChI=1S/C8H5F3N2O/c1-4-2-3-5(4)6-12-13-7(14-6)8(9,10)11/h2-3H,1H3. The average Bonchev–Trinajstić information content (AvgIpc) is 2.49. The molecule has 1 heterocycles. The van der Waals surface area contributed by atoms with E-state index in [9.17, 15) is 13.2 Å². The molecule has 0 fully saturated rings. The zero-order valence-electron chi connectivity index (χ0n) is 7.09. The molecular formula is C8H5F3N2O. The van der Waals surface area contributed by atoms with Gasteiger partial charge in [-0.1, -0.05) is 6.08 Å². The molecule has 1 aromatic rings. The second-order valence-electron chi connectivity index (χ2n) is 2.84. The van der Waals surface area contributed by atoms with Crippen molar-refractivity contribution in [2.75, 3.05) is 0 Å². The smallest absolute Gasteiger partial charge is 0.413 e. The zero-order chi connectivity index (χ0) is 10.3. The summed E-state index contributed by atoms with van der Waals surface area (Å²) in [6.07, 6.45) is -1.19. The molecule has 1 aliphatic carbocycles. The number of rotatable bonds is 1. The molecule has 0 amide bonds. The van der Waals surface area contributed by atoms with Crippen molar-refractivity contribution >= 4 is 5.57 Å². The molecule has 0 spiro atoms. The molecule has 0 atom stereocenters. The lowest BCUT2D eigenvalue weighted by molar-refractivity contribution is -0.157. The van der Waals surface area contributed by atoms with Crippen LogP contribution in [0.1, 0.15) is 18.7 Å². The van der Waals surface area contributed by atoms with Gasteiger partial charge in [0, 0.05) is 5.57 Å². The van der Waals surface area contributed by atoms with E-state index in [0.717, 1.165) is 5.57 Å². The molecule has 6 heteroatoms. The van der Waals surface area contributed by atoms with Crippen LogP contribution in [0.4, 0.5) is 13.2 Å². The fourth-order valence-corrected chi connectivity index (χ4v) is 1.02. The largest absolute Gasteiger partial charge is 0.470 e. The van der Waals surface area contributed by atoms with Gasteiger partial charge in [-0.05, 0) is 18.6 Å². The van der Waals surface area contributed by atoms with Gasteiger partial charge in [0.1, 0.15) is 0 Å². The van der Waals surface area contributed by atoms with Gasteiger partial charge < -0.3 is 4.42 Å². The number of alkyl halides is 3. The van der Waals surface area contributed by atoms with Crippen LogP contribution in [-0.2, 0) is 6.18 Å². The maximum atomic E-state index is 12.1. The van der Waals surface area contributed by atoms with Crippen molar-refractivity contribution in [2.45, 2.75) is 13.1 Å². The van der Waals surface area contributed by atoms with Crippen LogP contribution in [0.15, 0.2) is 22.1 Å². The third-order valence-corrected chi connectivity index (χ3v) is 1.82. The molecule has 14 heavy (non-hydrogen) atoms. The molecule has 0 saturated heterocycles. The minimum absolute atomic E-state index is 0.0858. The predicted molar refractivity (Wildman–Crippen MR) is 41.0 cm³/mol. The lowest BCUT2D eigenvalue weighted by Crippen LogP contribution is -2.04. The molecule has 2 rings (SSSR count). The summed E-state index contributed by atoms with van der Waals surface area (Å²) in [5.41, 5.74) is 1.40. The SMILES string of the molecule is CC1=CC=C1c1nnc(C(F)(F)F)o1. The summed E-state index contributed by atoms with van der Waals surface area (Å²) in [6.45, 7) is 1.76. The Morgan fingerprint density at radius 1 is 1.21 bits per heavy atom. The maximum Gasteiger partial charge on any atom is 0.470 e. The topological polar surface area (TPSA) is 38.9 Å². The molecule has 0 bridgehead atoms. The van der Waals surface area contributed by atoms with Gasteiger partial charge in [0.25, 0.3) is 0 Å². The fraction of sp³-hybridized carbons (Fsp3) is 0.250. The minimum Gasteiger partial charge on any atom is -0.413 e. The van der Waals surface area contributed by atoms with E-state index in [0.29, 0.717) is 5.57 Å². The molecular weight excluding hydrogens is 197 g/mol. The molecule has 0 N–H and O–H groups in total. The monoisotopic (exact) mass is 202 g/mol. The number of halogens is 3. The van der Waals surface area contributed by atoms with Crippen molar-refractivity contribution in [3.63, 3.8) is 0 Å². The number of allylic oxidation sites excluding steroid dienone is 4. The minimum atomic E-state index is -4.58. The van der Waals surface area contributed by atoms with Crippen molar-refractivity contribution in [2.24, 2.45) is 0 Å². The summed E-state index contributed by atoms with van der Waals surface area (Å²) in [5.74, 6) is -1.40. The summed E-state index contributed by atoms with van der Waals surface area (Å²) in [5, 5.41) is 6.22. The summed E-state index contributed by atoms with van der Waals surface area (Å²) >= 11 is 0. The zero-order valence-corrected chi connectivity index (χ0v) is 7.09. The Bertz CT molecular complexity index is 428. The van der Waals surface area contributed by atoms with E-state index in [2.05, 4.69) is 14.6 Å². The second kappa shape index (κ2) is 2.70. The molecule has 0 aliphatic heterocycles. The van der Waals surface area contributed by atoms with E-state index in [1.54, 1.807) is 19.1 Å². The molecule has 0 unspecified atom stereocenters. The Balaban J connectivity index is 2.28. The Kier molecular flexibility index (Phi) is 1.73. The maximum absolute atomic E-state index is 12.1. The van der Waals surface area contributed by atoms with E-state index in [-0.39, 0.29) is 5.89 Å². The van der Waals surface area contributed by atoms with E-state index in [1.165, 1.54) is 0 Å². The van der Waals surface area contributed by atoms with Crippen molar-refractivity contribution in [1.29, 1.82) is 0 Å². The third-order valence-electron chi connectivity index (χ3n) is 1.82. The van der Waals surface area contributed by atoms with Crippen molar-refractivity contribution < 1.29 is 17.6 Å². The van der Waals surface area contributed by atoms with Crippen LogP contribution in [0.2, 0.25) is 0 Å². The summed E-state index contributed by atoms with van der Waals surface area (Å²) in [7, 11) is 0. The highest BCUT2D eigenvalue weighted by Gasteiger charge is 2.38. The van der Waals surface area contributed by atoms with Crippen molar-refractivity contribution in [3.05, 3.63) is 29.5 Å². The summed E-state index contributed by atoms with van der Waals surface area (Å²) in [4.78, 5) is 0. The predicted octanol–water partition coefficient (Wildman–Crippen LogP) is 2.43. The average molecular weight is 202 g/mol. The van der Waals surface area contributed by atoms with E-state index < -0.39 is 12.1 Å². The van der Waals surface area contributed by atoms with Gasteiger partial charge in [0.2, 0.25) is 5.89 Å². The van der Waals surface area contributed by atoms with Crippen LogP contribution in [-0.4, -0.2) is 10.2 Å². The third kappa shape index (κ3) is 1.32. The summed E-state index contributed by atoms with van der Waals surface area (Å²) < 4.78 is 40.6. The van der Waals surface area contributed by atoms with Crippen LogP contribution in [0.3, 0.4) is 0 Å². The van der Waals surface area contributed by atoms with Gasteiger partial charge in [-0.15, -0.1) is 10.2 Å². The first-order valence-electron chi connectivity index (χ1n) is 3.78. The highest BCUT2D eigenvalue weighted by atomic mass is 19.4. The van der Waals surface area contributed by atoms with Crippen LogP contribution in [0.5, 0.6) is 0 Å². The highest BCUT2D eigenvalue weighted by molar-refractivity contribution is 5.81. The van der Waals surface area contributed by atoms with Gasteiger partial charge in [0.15, 0.2) is 0 Å². The van der Waals surface area contributed by atoms with Crippen molar-refractivity contribution in [3.8, 4) is 0 Å². The van der Waals surface area contributed by atoms with Gasteiger partial charge in [-0.2, -0.15) is 13.2 Å². The molecule has 1 aromatic heterocycles. The molecule has 0 radical (unpaired) electrons. The molecule has 3 nitrogen and oxygen atoms in total. The Labute approximate surface area is 76.9 Å². The molecule has 0 aromatic carbocycles. The number of hydrogen-bond donors (Lipinski definition) is 0. The molecule has 1 aliphatic rings. The molecule has 0 saturated carbocycles.